The van der Waals surface area contributed by atoms with E-state index >= 15 is 0 Å². The number of oxazole rings is 1. The van der Waals surface area contributed by atoms with Gasteiger partial charge in [-0.05, 0) is 55.9 Å². The molecule has 0 amide bonds. The second-order valence-electron chi connectivity index (χ2n) is 6.89. The molecule has 0 spiro atoms. The number of carbonyl (C=O) groups is 1. The van der Waals surface area contributed by atoms with Crippen LogP contribution in [0.5, 0.6) is 5.75 Å². The molecule has 29 heavy (non-hydrogen) atoms. The minimum Gasteiger partial charge on any atom is -0.497 e. The number of unbranched alkanes of at least 4 members (excludes halogenated alkanes) is 1. The zero-order valence-corrected chi connectivity index (χ0v) is 18.9. The van der Waals surface area contributed by atoms with Gasteiger partial charge in [0.2, 0.25) is 5.89 Å². The lowest BCUT2D eigenvalue weighted by atomic mass is 10.2. The van der Waals surface area contributed by atoms with Gasteiger partial charge in [-0.3, -0.25) is 4.79 Å². The molecule has 0 saturated carbocycles. The minimum atomic E-state index is -3.59. The fourth-order valence-electron chi connectivity index (χ4n) is 2.79. The Morgan fingerprint density at radius 1 is 1.24 bits per heavy atom. The normalized spacial score (nSPS) is 11.6. The van der Waals surface area contributed by atoms with Gasteiger partial charge in [0.05, 0.1) is 18.6 Å². The number of sulfone groups is 1. The van der Waals surface area contributed by atoms with Gasteiger partial charge >= 0.3 is 0 Å². The Balaban J connectivity index is 1.92. The Morgan fingerprint density at radius 2 is 2.03 bits per heavy atom. The second-order valence-corrected chi connectivity index (χ2v) is 10.2. The molecule has 1 heterocycles. The SMILES string of the molecule is CCCSCCCCC(=O)CS(=O)(=O)Cc1nc(-c2cccc(OC)c2)oc1C. The van der Waals surface area contributed by atoms with Gasteiger partial charge in [-0.2, -0.15) is 11.8 Å². The number of hydrogen-bond donors (Lipinski definition) is 0. The third-order valence-corrected chi connectivity index (χ3v) is 7.04. The third kappa shape index (κ3) is 7.85. The first kappa shape index (κ1) is 23.5. The lowest BCUT2D eigenvalue weighted by Crippen LogP contribution is -2.18. The highest BCUT2D eigenvalue weighted by molar-refractivity contribution is 7.99. The van der Waals surface area contributed by atoms with Gasteiger partial charge in [-0.1, -0.05) is 13.0 Å². The van der Waals surface area contributed by atoms with Crippen LogP contribution in [-0.2, 0) is 20.4 Å². The van der Waals surface area contributed by atoms with E-state index < -0.39 is 15.6 Å². The van der Waals surface area contributed by atoms with E-state index in [2.05, 4.69) is 11.9 Å². The maximum Gasteiger partial charge on any atom is 0.226 e. The molecule has 2 aromatic rings. The predicted octanol–water partition coefficient (Wildman–Crippen LogP) is 4.46. The fourth-order valence-corrected chi connectivity index (χ4v) is 5.11. The van der Waals surface area contributed by atoms with E-state index in [9.17, 15) is 13.2 Å². The lowest BCUT2D eigenvalue weighted by molar-refractivity contribution is -0.116. The van der Waals surface area contributed by atoms with Crippen LogP contribution in [0, 0.1) is 6.92 Å². The summed E-state index contributed by atoms with van der Waals surface area (Å²) in [5, 5.41) is 0. The molecule has 1 aromatic carbocycles. The van der Waals surface area contributed by atoms with Gasteiger partial charge in [0, 0.05) is 12.0 Å². The number of aryl methyl sites for hydroxylation is 1. The van der Waals surface area contributed by atoms with Crippen LogP contribution >= 0.6 is 11.8 Å². The van der Waals surface area contributed by atoms with Crippen molar-refractivity contribution in [2.75, 3.05) is 24.4 Å². The minimum absolute atomic E-state index is 0.236. The average Bonchev–Trinajstić information content (AvgIpc) is 3.04. The van der Waals surface area contributed by atoms with Gasteiger partial charge in [0.25, 0.3) is 0 Å². The van der Waals surface area contributed by atoms with Crippen molar-refractivity contribution in [1.82, 2.24) is 4.98 Å². The number of rotatable bonds is 13. The molecule has 0 N–H and O–H groups in total. The predicted molar refractivity (Wildman–Crippen MR) is 117 cm³/mol. The molecule has 0 atom stereocenters. The maximum atomic E-state index is 12.5. The molecule has 2 rings (SSSR count). The van der Waals surface area contributed by atoms with Crippen LogP contribution in [0.25, 0.3) is 11.5 Å². The van der Waals surface area contributed by atoms with Crippen LogP contribution in [0.15, 0.2) is 28.7 Å². The summed E-state index contributed by atoms with van der Waals surface area (Å²) in [5.74, 6) is 2.58. The van der Waals surface area contributed by atoms with Crippen LogP contribution in [0.4, 0.5) is 0 Å². The highest BCUT2D eigenvalue weighted by atomic mass is 32.2. The maximum absolute atomic E-state index is 12.5. The zero-order chi connectivity index (χ0) is 21.3. The van der Waals surface area contributed by atoms with Crippen molar-refractivity contribution < 1.29 is 22.4 Å². The van der Waals surface area contributed by atoms with Crippen molar-refractivity contribution in [1.29, 1.82) is 0 Å². The second kappa shape index (κ2) is 11.4. The molecular formula is C21H29NO5S2. The average molecular weight is 440 g/mol. The summed E-state index contributed by atoms with van der Waals surface area (Å²) in [5.41, 5.74) is 1.04. The van der Waals surface area contributed by atoms with E-state index in [-0.39, 0.29) is 11.5 Å². The standard InChI is InChI=1S/C21H29NO5S2/c1-4-11-28-12-6-5-9-18(23)14-29(24,25)15-20-16(2)27-21(22-20)17-8-7-10-19(13-17)26-3/h7-8,10,13H,4-6,9,11-12,14-15H2,1-3H3. The Morgan fingerprint density at radius 3 is 2.76 bits per heavy atom. The molecule has 0 aliphatic rings. The van der Waals surface area contributed by atoms with Crippen LogP contribution in [0.3, 0.4) is 0 Å². The van der Waals surface area contributed by atoms with Gasteiger partial charge < -0.3 is 9.15 Å². The number of ketones is 1. The topological polar surface area (TPSA) is 86.5 Å². The van der Waals surface area contributed by atoms with Crippen LogP contribution in [0.1, 0.15) is 44.1 Å². The molecule has 0 unspecified atom stereocenters. The highest BCUT2D eigenvalue weighted by Gasteiger charge is 2.22. The molecule has 0 fully saturated rings. The van der Waals surface area contributed by atoms with Gasteiger partial charge in [0.15, 0.2) is 9.84 Å². The number of Topliss-reactive ketones (excluding diaryl/α,β-unsaturated/α-hetero) is 1. The summed E-state index contributed by atoms with van der Waals surface area (Å²) >= 11 is 1.87. The lowest BCUT2D eigenvalue weighted by Gasteiger charge is -2.03. The number of thioether (sulfide) groups is 1. The van der Waals surface area contributed by atoms with E-state index in [1.54, 1.807) is 26.2 Å². The summed E-state index contributed by atoms with van der Waals surface area (Å²) in [6.45, 7) is 3.81. The molecular weight excluding hydrogens is 410 g/mol. The quantitative estimate of drug-likeness (QED) is 0.426. The van der Waals surface area contributed by atoms with Crippen molar-refractivity contribution in [3.63, 3.8) is 0 Å². The van der Waals surface area contributed by atoms with Gasteiger partial charge in [-0.15, -0.1) is 0 Å². The van der Waals surface area contributed by atoms with Crippen molar-refractivity contribution in [2.45, 2.75) is 45.3 Å². The smallest absolute Gasteiger partial charge is 0.226 e. The summed E-state index contributed by atoms with van der Waals surface area (Å²) in [6, 6.07) is 7.20. The molecule has 1 aromatic heterocycles. The van der Waals surface area contributed by atoms with Gasteiger partial charge in [0.1, 0.15) is 23.0 Å². The zero-order valence-electron chi connectivity index (χ0n) is 17.3. The molecule has 0 aliphatic carbocycles. The summed E-state index contributed by atoms with van der Waals surface area (Å²) in [6.07, 6.45) is 3.11. The molecule has 160 valence electrons. The van der Waals surface area contributed by atoms with E-state index in [0.29, 0.717) is 35.1 Å². The summed E-state index contributed by atoms with van der Waals surface area (Å²) < 4.78 is 35.7. The van der Waals surface area contributed by atoms with Crippen molar-refractivity contribution in [3.8, 4) is 17.2 Å². The molecule has 0 bridgehead atoms. The largest absolute Gasteiger partial charge is 0.497 e. The molecule has 0 saturated heterocycles. The molecule has 8 heteroatoms. The Kier molecular flexibility index (Phi) is 9.23. The Bertz CT molecular complexity index is 906. The van der Waals surface area contributed by atoms with E-state index in [1.165, 1.54) is 0 Å². The van der Waals surface area contributed by atoms with Crippen molar-refractivity contribution in [2.24, 2.45) is 0 Å². The first-order valence-electron chi connectivity index (χ1n) is 9.75. The Hall–Kier alpha value is -1.80. The van der Waals surface area contributed by atoms with Crippen LogP contribution in [-0.4, -0.2) is 43.6 Å². The first-order chi connectivity index (χ1) is 13.8. The third-order valence-electron chi connectivity index (χ3n) is 4.29. The summed E-state index contributed by atoms with van der Waals surface area (Å²) in [7, 11) is -2.02. The number of benzene rings is 1. The fraction of sp³-hybridized carbons (Fsp3) is 0.524. The highest BCUT2D eigenvalue weighted by Crippen LogP contribution is 2.26. The Labute approximate surface area is 177 Å². The van der Waals surface area contributed by atoms with Crippen LogP contribution in [0.2, 0.25) is 0 Å². The number of hydrogen-bond acceptors (Lipinski definition) is 7. The summed E-state index contributed by atoms with van der Waals surface area (Å²) in [4.78, 5) is 16.4. The molecule has 0 radical (unpaired) electrons. The van der Waals surface area contributed by atoms with Crippen LogP contribution < -0.4 is 4.74 Å². The van der Waals surface area contributed by atoms with E-state index in [0.717, 1.165) is 30.8 Å². The first-order valence-corrected chi connectivity index (χ1v) is 12.7. The van der Waals surface area contributed by atoms with Gasteiger partial charge in [-0.25, -0.2) is 13.4 Å². The molecule has 6 nitrogen and oxygen atoms in total. The monoisotopic (exact) mass is 439 g/mol. The number of carbonyl (C=O) groups excluding carboxylic acids is 1. The van der Waals surface area contributed by atoms with E-state index in [1.807, 2.05) is 23.9 Å². The van der Waals surface area contributed by atoms with E-state index in [4.69, 9.17) is 9.15 Å². The van der Waals surface area contributed by atoms with Crippen molar-refractivity contribution >= 4 is 27.4 Å². The number of nitrogens with zero attached hydrogens (tertiary/aromatic N) is 1. The number of aromatic nitrogens is 1. The number of methoxy groups -OCH3 is 1. The molecule has 0 aliphatic heterocycles. The number of ether oxygens (including phenoxy) is 1. The van der Waals surface area contributed by atoms with Crippen molar-refractivity contribution in [3.05, 3.63) is 35.7 Å².